The van der Waals surface area contributed by atoms with Gasteiger partial charge in [-0.05, 0) is 37.7 Å². The summed E-state index contributed by atoms with van der Waals surface area (Å²) in [6.45, 7) is 3.16. The number of rotatable bonds is 5. The van der Waals surface area contributed by atoms with E-state index in [9.17, 15) is 4.79 Å². The van der Waals surface area contributed by atoms with Crippen LogP contribution in [0.4, 0.5) is 0 Å². The lowest BCUT2D eigenvalue weighted by Gasteiger charge is -2.15. The van der Waals surface area contributed by atoms with Crippen molar-refractivity contribution in [1.29, 1.82) is 0 Å². The number of hydrazine groups is 1. The lowest BCUT2D eigenvalue weighted by molar-refractivity contribution is 0.0952. The Kier molecular flexibility index (Phi) is 5.17. The topological polar surface area (TPSA) is 71.5 Å². The highest BCUT2D eigenvalue weighted by Crippen LogP contribution is 2.18. The molecule has 0 saturated carbocycles. The van der Waals surface area contributed by atoms with Gasteiger partial charge in [-0.25, -0.2) is 5.84 Å². The SMILES string of the molecule is Cc1oc(CN(C)Cc2cccc(Br)c2)cc1C(=O)NN. The van der Waals surface area contributed by atoms with Gasteiger partial charge in [-0.2, -0.15) is 0 Å². The van der Waals surface area contributed by atoms with Crippen LogP contribution < -0.4 is 11.3 Å². The molecule has 0 aliphatic carbocycles. The molecular weight excluding hydrogens is 334 g/mol. The maximum atomic E-state index is 11.5. The molecular formula is C15H18BrN3O2. The van der Waals surface area contributed by atoms with Crippen molar-refractivity contribution in [3.63, 3.8) is 0 Å². The predicted molar refractivity (Wildman–Crippen MR) is 84.4 cm³/mol. The Hall–Kier alpha value is -1.63. The summed E-state index contributed by atoms with van der Waals surface area (Å²) >= 11 is 3.46. The molecule has 2 rings (SSSR count). The molecule has 2 aromatic rings. The van der Waals surface area contributed by atoms with Crippen LogP contribution in [0.3, 0.4) is 0 Å². The largest absolute Gasteiger partial charge is 0.464 e. The molecule has 21 heavy (non-hydrogen) atoms. The molecule has 6 heteroatoms. The molecule has 1 heterocycles. The Morgan fingerprint density at radius 1 is 1.38 bits per heavy atom. The van der Waals surface area contributed by atoms with Crippen LogP contribution in [0.25, 0.3) is 0 Å². The molecule has 0 fully saturated rings. The van der Waals surface area contributed by atoms with Gasteiger partial charge in [0, 0.05) is 11.0 Å². The van der Waals surface area contributed by atoms with E-state index in [1.807, 2.05) is 19.2 Å². The smallest absolute Gasteiger partial charge is 0.268 e. The van der Waals surface area contributed by atoms with Crippen molar-refractivity contribution in [2.24, 2.45) is 5.84 Å². The highest BCUT2D eigenvalue weighted by Gasteiger charge is 2.15. The van der Waals surface area contributed by atoms with Crippen LogP contribution in [0.15, 0.2) is 39.2 Å². The Morgan fingerprint density at radius 2 is 2.14 bits per heavy atom. The molecule has 0 unspecified atom stereocenters. The van der Waals surface area contributed by atoms with Crippen LogP contribution in [0, 0.1) is 6.92 Å². The van der Waals surface area contributed by atoms with Crippen molar-refractivity contribution in [2.45, 2.75) is 20.0 Å². The summed E-state index contributed by atoms with van der Waals surface area (Å²) in [4.78, 5) is 13.7. The lowest BCUT2D eigenvalue weighted by Crippen LogP contribution is -2.30. The molecule has 1 aromatic heterocycles. The van der Waals surface area contributed by atoms with Crippen LogP contribution in [0.5, 0.6) is 0 Å². The summed E-state index contributed by atoms with van der Waals surface area (Å²) in [6, 6.07) is 9.89. The molecule has 0 radical (unpaired) electrons. The molecule has 112 valence electrons. The van der Waals surface area contributed by atoms with Crippen molar-refractivity contribution in [2.75, 3.05) is 7.05 Å². The zero-order chi connectivity index (χ0) is 15.4. The third kappa shape index (κ3) is 4.17. The first-order chi connectivity index (χ1) is 9.99. The minimum Gasteiger partial charge on any atom is -0.464 e. The van der Waals surface area contributed by atoms with Crippen LogP contribution in [-0.2, 0) is 13.1 Å². The summed E-state index contributed by atoms with van der Waals surface area (Å²) in [5.41, 5.74) is 3.80. The maximum absolute atomic E-state index is 11.5. The van der Waals surface area contributed by atoms with Crippen LogP contribution in [0.1, 0.15) is 27.4 Å². The number of hydrogen-bond donors (Lipinski definition) is 2. The van der Waals surface area contributed by atoms with E-state index in [4.69, 9.17) is 10.3 Å². The van der Waals surface area contributed by atoms with Gasteiger partial charge in [-0.3, -0.25) is 15.1 Å². The molecule has 0 aliphatic rings. The van der Waals surface area contributed by atoms with Crippen molar-refractivity contribution in [1.82, 2.24) is 10.3 Å². The van der Waals surface area contributed by atoms with Crippen molar-refractivity contribution >= 4 is 21.8 Å². The van der Waals surface area contributed by atoms with E-state index in [0.29, 0.717) is 17.9 Å². The fourth-order valence-corrected chi connectivity index (χ4v) is 2.64. The lowest BCUT2D eigenvalue weighted by atomic mass is 10.2. The van der Waals surface area contributed by atoms with Gasteiger partial charge in [0.05, 0.1) is 12.1 Å². The van der Waals surface area contributed by atoms with Crippen LogP contribution in [-0.4, -0.2) is 17.9 Å². The Balaban J connectivity index is 2.03. The van der Waals surface area contributed by atoms with E-state index in [-0.39, 0.29) is 5.91 Å². The van der Waals surface area contributed by atoms with E-state index < -0.39 is 0 Å². The molecule has 0 saturated heterocycles. The normalized spacial score (nSPS) is 10.9. The minimum atomic E-state index is -0.336. The van der Waals surface area contributed by atoms with Gasteiger partial charge >= 0.3 is 0 Å². The van der Waals surface area contributed by atoms with Gasteiger partial charge in [0.25, 0.3) is 5.91 Å². The zero-order valence-electron chi connectivity index (χ0n) is 12.0. The molecule has 0 atom stereocenters. The van der Waals surface area contributed by atoms with Crippen LogP contribution in [0.2, 0.25) is 0 Å². The number of nitrogens with zero attached hydrogens (tertiary/aromatic N) is 1. The van der Waals surface area contributed by atoms with Gasteiger partial charge in [-0.1, -0.05) is 28.1 Å². The first-order valence-corrected chi connectivity index (χ1v) is 7.32. The fraction of sp³-hybridized carbons (Fsp3) is 0.267. The second-order valence-corrected chi connectivity index (χ2v) is 5.87. The number of nitrogen functional groups attached to an aromatic ring is 1. The number of nitrogens with one attached hydrogen (secondary N) is 1. The number of carbonyl (C=O) groups is 1. The van der Waals surface area contributed by atoms with Crippen LogP contribution >= 0.6 is 15.9 Å². The quantitative estimate of drug-likeness (QED) is 0.493. The maximum Gasteiger partial charge on any atom is 0.268 e. The third-order valence-corrected chi connectivity index (χ3v) is 3.61. The Bertz CT molecular complexity index is 640. The van der Waals surface area contributed by atoms with E-state index in [0.717, 1.165) is 16.8 Å². The highest BCUT2D eigenvalue weighted by atomic mass is 79.9. The van der Waals surface area contributed by atoms with Crippen molar-refractivity contribution in [3.8, 4) is 0 Å². The summed E-state index contributed by atoms with van der Waals surface area (Å²) in [5.74, 6) is 6.12. The summed E-state index contributed by atoms with van der Waals surface area (Å²) in [6.07, 6.45) is 0. The van der Waals surface area contributed by atoms with Gasteiger partial charge in [-0.15, -0.1) is 0 Å². The number of amides is 1. The van der Waals surface area contributed by atoms with Gasteiger partial charge in [0.15, 0.2) is 0 Å². The molecule has 0 spiro atoms. The highest BCUT2D eigenvalue weighted by molar-refractivity contribution is 9.10. The van der Waals surface area contributed by atoms with Gasteiger partial charge in [0.1, 0.15) is 11.5 Å². The standard InChI is InChI=1S/C15H18BrN3O2/c1-10-14(15(20)18-17)7-13(21-10)9-19(2)8-11-4-3-5-12(16)6-11/h3-7H,8-9,17H2,1-2H3,(H,18,20). The molecule has 3 N–H and O–H groups in total. The molecule has 0 bridgehead atoms. The second kappa shape index (κ2) is 6.89. The fourth-order valence-electron chi connectivity index (χ4n) is 2.19. The van der Waals surface area contributed by atoms with E-state index >= 15 is 0 Å². The number of benzene rings is 1. The summed E-state index contributed by atoms with van der Waals surface area (Å²) in [5, 5.41) is 0. The predicted octanol–water partition coefficient (Wildman–Crippen LogP) is 2.59. The molecule has 1 aromatic carbocycles. The number of nitrogens with two attached hydrogens (primary N) is 1. The van der Waals surface area contributed by atoms with E-state index in [1.165, 1.54) is 5.56 Å². The first-order valence-electron chi connectivity index (χ1n) is 6.53. The minimum absolute atomic E-state index is 0.336. The summed E-state index contributed by atoms with van der Waals surface area (Å²) < 4.78 is 6.66. The Morgan fingerprint density at radius 3 is 2.81 bits per heavy atom. The van der Waals surface area contributed by atoms with Gasteiger partial charge < -0.3 is 4.42 Å². The van der Waals surface area contributed by atoms with E-state index in [1.54, 1.807) is 13.0 Å². The van der Waals surface area contributed by atoms with Crippen molar-refractivity contribution in [3.05, 3.63) is 57.5 Å². The Labute approximate surface area is 132 Å². The third-order valence-electron chi connectivity index (χ3n) is 3.11. The summed E-state index contributed by atoms with van der Waals surface area (Å²) in [7, 11) is 2.00. The molecule has 5 nitrogen and oxygen atoms in total. The number of furan rings is 1. The zero-order valence-corrected chi connectivity index (χ0v) is 13.6. The van der Waals surface area contributed by atoms with Crippen molar-refractivity contribution < 1.29 is 9.21 Å². The first kappa shape index (κ1) is 15.8. The van der Waals surface area contributed by atoms with E-state index in [2.05, 4.69) is 38.4 Å². The number of halogens is 1. The average molecular weight is 352 g/mol. The number of aryl methyl sites for hydroxylation is 1. The van der Waals surface area contributed by atoms with Gasteiger partial charge in [0.2, 0.25) is 0 Å². The average Bonchev–Trinajstić information content (AvgIpc) is 2.78. The monoisotopic (exact) mass is 351 g/mol. The number of carbonyl (C=O) groups excluding carboxylic acids is 1. The second-order valence-electron chi connectivity index (χ2n) is 4.96. The molecule has 0 aliphatic heterocycles. The number of hydrogen-bond acceptors (Lipinski definition) is 4. The molecule has 1 amide bonds.